The van der Waals surface area contributed by atoms with E-state index in [2.05, 4.69) is 11.1 Å². The van der Waals surface area contributed by atoms with Crippen LogP contribution in [0.15, 0.2) is 28.7 Å². The average Bonchev–Trinajstić information content (AvgIpc) is 2.92. The summed E-state index contributed by atoms with van der Waals surface area (Å²) in [6.45, 7) is 6.72. The minimum Gasteiger partial charge on any atom is -0.462 e. The number of esters is 1. The van der Waals surface area contributed by atoms with Crippen LogP contribution in [0, 0.1) is 11.8 Å². The van der Waals surface area contributed by atoms with Crippen LogP contribution in [0.5, 0.6) is 0 Å². The molecule has 0 aliphatic heterocycles. The first-order chi connectivity index (χ1) is 13.1. The average molecular weight is 391 g/mol. The molecule has 1 aromatic rings. The minimum atomic E-state index is -1.37. The number of fused-ring (bicyclic) bond motifs is 1. The molecule has 0 radical (unpaired) electrons. The maximum absolute atomic E-state index is 12.5. The van der Waals surface area contributed by atoms with Crippen molar-refractivity contribution in [1.82, 2.24) is 9.55 Å². The van der Waals surface area contributed by atoms with Crippen molar-refractivity contribution in [3.8, 4) is 0 Å². The van der Waals surface area contributed by atoms with Crippen molar-refractivity contribution in [2.45, 2.75) is 71.0 Å². The fourth-order valence-electron chi connectivity index (χ4n) is 4.09. The zero-order valence-electron chi connectivity index (χ0n) is 16.8. The van der Waals surface area contributed by atoms with Gasteiger partial charge in [0.1, 0.15) is 11.9 Å². The summed E-state index contributed by atoms with van der Waals surface area (Å²) >= 11 is 0. The first-order valence-electron chi connectivity index (χ1n) is 9.72. The van der Waals surface area contributed by atoms with Crippen molar-refractivity contribution < 1.29 is 19.4 Å². The maximum atomic E-state index is 12.5. The third-order valence-corrected chi connectivity index (χ3v) is 5.22. The van der Waals surface area contributed by atoms with Crippen molar-refractivity contribution in [1.29, 1.82) is 0 Å². The number of nitrogens with two attached hydrogens (primary N) is 1. The van der Waals surface area contributed by atoms with E-state index in [1.165, 1.54) is 4.57 Å². The molecule has 3 rings (SSSR count). The smallest absolute Gasteiger partial charge is 0.350 e. The number of aliphatic hydroxyl groups is 1. The molecule has 2 aliphatic rings. The largest absolute Gasteiger partial charge is 0.462 e. The van der Waals surface area contributed by atoms with Gasteiger partial charge in [-0.25, -0.2) is 4.79 Å². The van der Waals surface area contributed by atoms with Gasteiger partial charge in [-0.05, 0) is 44.7 Å². The van der Waals surface area contributed by atoms with E-state index in [0.29, 0.717) is 6.42 Å². The molecular weight excluding hydrogens is 362 g/mol. The number of anilines is 1. The highest BCUT2D eigenvalue weighted by Crippen LogP contribution is 2.48. The maximum Gasteiger partial charge on any atom is 0.350 e. The molecule has 1 aromatic heterocycles. The Morgan fingerprint density at radius 3 is 2.71 bits per heavy atom. The van der Waals surface area contributed by atoms with E-state index in [1.54, 1.807) is 40.0 Å². The third-order valence-electron chi connectivity index (χ3n) is 5.22. The molecule has 2 aliphatic carbocycles. The van der Waals surface area contributed by atoms with Gasteiger partial charge in [0, 0.05) is 12.1 Å². The van der Waals surface area contributed by atoms with Crippen LogP contribution in [0.1, 0.15) is 53.0 Å². The number of hydrogen-bond donors (Lipinski definition) is 2. The first-order valence-corrected chi connectivity index (χ1v) is 9.72. The standard InChI is InChI=1S/C20H29N3O5/c1-11(2)18(24)27-14-7-5-6-12-13(14)10-15(28-20(3,4)26)17(12)23-9-8-16(21)22-19(23)25/h6,8-9,11,13-15,17,26H,5,7,10H2,1-4H3,(H2,21,22,25)/t13-,14-,15-,17-/m1/s1. The van der Waals surface area contributed by atoms with Gasteiger partial charge in [0.2, 0.25) is 0 Å². The van der Waals surface area contributed by atoms with Gasteiger partial charge in [0.05, 0.1) is 18.1 Å². The van der Waals surface area contributed by atoms with Gasteiger partial charge in [-0.3, -0.25) is 9.36 Å². The molecule has 0 bridgehead atoms. The molecule has 154 valence electrons. The lowest BCUT2D eigenvalue weighted by Gasteiger charge is -2.30. The molecule has 4 atom stereocenters. The molecule has 1 fully saturated rings. The third kappa shape index (κ3) is 4.28. The summed E-state index contributed by atoms with van der Waals surface area (Å²) in [5, 5.41) is 10.2. The number of allylic oxidation sites excluding steroid dienone is 1. The Bertz CT molecular complexity index is 824. The lowest BCUT2D eigenvalue weighted by molar-refractivity contribution is -0.211. The van der Waals surface area contributed by atoms with Crippen LogP contribution in [0.2, 0.25) is 0 Å². The Balaban J connectivity index is 1.97. The summed E-state index contributed by atoms with van der Waals surface area (Å²) in [6.07, 6.45) is 4.96. The Hall–Kier alpha value is -2.19. The van der Waals surface area contributed by atoms with E-state index in [9.17, 15) is 14.7 Å². The van der Waals surface area contributed by atoms with Crippen LogP contribution in [-0.4, -0.2) is 38.6 Å². The van der Waals surface area contributed by atoms with Gasteiger partial charge in [0.25, 0.3) is 0 Å². The topological polar surface area (TPSA) is 117 Å². The summed E-state index contributed by atoms with van der Waals surface area (Å²) in [4.78, 5) is 28.5. The molecule has 0 unspecified atom stereocenters. The molecule has 1 saturated carbocycles. The highest BCUT2D eigenvalue weighted by atomic mass is 16.6. The predicted molar refractivity (Wildman–Crippen MR) is 103 cm³/mol. The lowest BCUT2D eigenvalue weighted by Crippen LogP contribution is -2.37. The van der Waals surface area contributed by atoms with Gasteiger partial charge in [-0.1, -0.05) is 19.9 Å². The van der Waals surface area contributed by atoms with E-state index in [0.717, 1.165) is 18.4 Å². The summed E-state index contributed by atoms with van der Waals surface area (Å²) < 4.78 is 13.1. The van der Waals surface area contributed by atoms with Gasteiger partial charge >= 0.3 is 11.7 Å². The Kier molecular flexibility index (Phi) is 5.63. The summed E-state index contributed by atoms with van der Waals surface area (Å²) in [7, 11) is 0. The van der Waals surface area contributed by atoms with Crippen LogP contribution in [0.3, 0.4) is 0 Å². The second-order valence-electron chi connectivity index (χ2n) is 8.34. The van der Waals surface area contributed by atoms with Crippen LogP contribution >= 0.6 is 0 Å². The molecule has 1 heterocycles. The summed E-state index contributed by atoms with van der Waals surface area (Å²) in [5.74, 6) is -1.73. The normalized spacial score (nSPS) is 27.4. The van der Waals surface area contributed by atoms with Crippen LogP contribution in [0.4, 0.5) is 5.82 Å². The number of ether oxygens (including phenoxy) is 2. The fraction of sp³-hybridized carbons (Fsp3) is 0.650. The number of carbonyl (C=O) groups excluding carboxylic acids is 1. The van der Waals surface area contributed by atoms with Crippen molar-refractivity contribution in [3.05, 3.63) is 34.4 Å². The molecule has 8 heteroatoms. The van der Waals surface area contributed by atoms with E-state index < -0.39 is 23.6 Å². The molecule has 28 heavy (non-hydrogen) atoms. The fourth-order valence-corrected chi connectivity index (χ4v) is 4.09. The molecule has 3 N–H and O–H groups in total. The van der Waals surface area contributed by atoms with E-state index in [-0.39, 0.29) is 29.7 Å². The molecular formula is C20H29N3O5. The lowest BCUT2D eigenvalue weighted by atomic mass is 9.86. The number of nitrogen functional groups attached to an aromatic ring is 1. The molecule has 0 amide bonds. The monoisotopic (exact) mass is 391 g/mol. The highest BCUT2D eigenvalue weighted by molar-refractivity contribution is 5.71. The molecule has 0 aromatic carbocycles. The number of hydrogen-bond acceptors (Lipinski definition) is 7. The van der Waals surface area contributed by atoms with Crippen molar-refractivity contribution >= 4 is 11.8 Å². The van der Waals surface area contributed by atoms with Gasteiger partial charge < -0.3 is 20.3 Å². The number of aromatic nitrogens is 2. The van der Waals surface area contributed by atoms with E-state index in [1.807, 2.05) is 0 Å². The summed E-state index contributed by atoms with van der Waals surface area (Å²) in [6, 6.07) is 1.13. The Morgan fingerprint density at radius 1 is 1.39 bits per heavy atom. The number of carbonyl (C=O) groups is 1. The molecule has 8 nitrogen and oxygen atoms in total. The van der Waals surface area contributed by atoms with Crippen molar-refractivity contribution in [3.63, 3.8) is 0 Å². The highest BCUT2D eigenvalue weighted by Gasteiger charge is 2.48. The quantitative estimate of drug-likeness (QED) is 0.446. The predicted octanol–water partition coefficient (Wildman–Crippen LogP) is 1.79. The molecule has 0 spiro atoms. The van der Waals surface area contributed by atoms with Crippen molar-refractivity contribution in [2.75, 3.05) is 5.73 Å². The SMILES string of the molecule is CC(C)C(=O)O[C@@H]1CCC=C2[C@H]1C[C@@H](OC(C)(C)O)[C@@H]2n1ccc(N)nc1=O. The van der Waals surface area contributed by atoms with Crippen LogP contribution in [0.25, 0.3) is 0 Å². The zero-order valence-corrected chi connectivity index (χ0v) is 16.8. The van der Waals surface area contributed by atoms with E-state index in [4.69, 9.17) is 15.2 Å². The van der Waals surface area contributed by atoms with Gasteiger partial charge in [-0.15, -0.1) is 0 Å². The first kappa shape index (κ1) is 20.5. The minimum absolute atomic E-state index is 0.0711. The second kappa shape index (κ2) is 7.67. The number of rotatable bonds is 5. The zero-order chi connectivity index (χ0) is 20.6. The van der Waals surface area contributed by atoms with Crippen LogP contribution < -0.4 is 11.4 Å². The Labute approximate surface area is 164 Å². The summed E-state index contributed by atoms with van der Waals surface area (Å²) in [5.41, 5.74) is 6.14. The molecule has 0 saturated heterocycles. The number of nitrogens with zero attached hydrogens (tertiary/aromatic N) is 2. The second-order valence-corrected chi connectivity index (χ2v) is 8.34. The van der Waals surface area contributed by atoms with Crippen LogP contribution in [-0.2, 0) is 14.3 Å². The van der Waals surface area contributed by atoms with Gasteiger partial charge in [0.15, 0.2) is 5.79 Å². The van der Waals surface area contributed by atoms with Crippen molar-refractivity contribution in [2.24, 2.45) is 11.8 Å². The van der Waals surface area contributed by atoms with E-state index >= 15 is 0 Å². The van der Waals surface area contributed by atoms with Gasteiger partial charge in [-0.2, -0.15) is 4.98 Å². The Morgan fingerprint density at radius 2 is 2.11 bits per heavy atom.